The predicted molar refractivity (Wildman–Crippen MR) is 151 cm³/mol. The highest BCUT2D eigenvalue weighted by molar-refractivity contribution is 7.86. The summed E-state index contributed by atoms with van der Waals surface area (Å²) in [6, 6.07) is 13.6. The van der Waals surface area contributed by atoms with E-state index in [2.05, 4.69) is 10.6 Å². The molecule has 2 rings (SSSR count). The number of ether oxygens (including phenoxy) is 3. The molecule has 12 heteroatoms. The maximum Gasteiger partial charge on any atom is 0.408 e. The molecule has 2 aromatic carbocycles. The summed E-state index contributed by atoms with van der Waals surface area (Å²) in [5.41, 5.74) is -0.176. The summed E-state index contributed by atoms with van der Waals surface area (Å²) in [7, 11) is -4.33. The molecule has 0 saturated heterocycles. The fraction of sp³-hybridized carbons (Fsp3) is 0.483. The van der Waals surface area contributed by atoms with E-state index in [-0.39, 0.29) is 24.5 Å². The van der Waals surface area contributed by atoms with E-state index >= 15 is 0 Å². The van der Waals surface area contributed by atoms with E-state index in [1.54, 1.807) is 84.9 Å². The zero-order valence-corrected chi connectivity index (χ0v) is 25.4. The lowest BCUT2D eigenvalue weighted by Crippen LogP contribution is -2.49. The standard InChI is InChI=1S/C29H40N2O9S/c1-20-13-15-23(16-14-20)41(35,36)40-22(18-30-26(33)37-19-21-11-9-8-10-12-21)17-24(25(32)38-28(2,3)4)31-27(34)39-29(5,6)7/h8-16,22,24H,17-19H2,1-7H3,(H,30,33)(H,31,34). The van der Waals surface area contributed by atoms with Crippen molar-refractivity contribution in [1.29, 1.82) is 0 Å². The first-order valence-corrected chi connectivity index (χ1v) is 14.5. The minimum Gasteiger partial charge on any atom is -0.458 e. The highest BCUT2D eigenvalue weighted by Gasteiger charge is 2.33. The van der Waals surface area contributed by atoms with Crippen molar-refractivity contribution in [3.05, 3.63) is 65.7 Å². The van der Waals surface area contributed by atoms with Crippen molar-refractivity contribution in [3.8, 4) is 0 Å². The van der Waals surface area contributed by atoms with Crippen LogP contribution in [0.2, 0.25) is 0 Å². The summed E-state index contributed by atoms with van der Waals surface area (Å²) in [5.74, 6) is -0.837. The Kier molecular flexibility index (Phi) is 11.7. The van der Waals surface area contributed by atoms with Crippen LogP contribution in [-0.4, -0.2) is 56.5 Å². The third kappa shape index (κ3) is 13.0. The first-order valence-electron chi connectivity index (χ1n) is 13.1. The summed E-state index contributed by atoms with van der Waals surface area (Å²) in [5, 5.41) is 4.91. The van der Waals surface area contributed by atoms with E-state index < -0.39 is 51.6 Å². The van der Waals surface area contributed by atoms with Crippen molar-refractivity contribution in [2.24, 2.45) is 0 Å². The molecule has 0 saturated carbocycles. The topological polar surface area (TPSA) is 146 Å². The molecule has 0 spiro atoms. The Bertz CT molecular complexity index is 1270. The SMILES string of the molecule is Cc1ccc(S(=O)(=O)OC(CNC(=O)OCc2ccccc2)CC(NC(=O)OC(C)(C)C)C(=O)OC(C)(C)C)cc1. The Hall–Kier alpha value is -3.64. The van der Waals surface area contributed by atoms with E-state index in [0.29, 0.717) is 0 Å². The van der Waals surface area contributed by atoms with Gasteiger partial charge in [-0.3, -0.25) is 4.18 Å². The largest absolute Gasteiger partial charge is 0.458 e. The number of amides is 2. The number of hydrogen-bond donors (Lipinski definition) is 2. The van der Waals surface area contributed by atoms with Gasteiger partial charge in [0.25, 0.3) is 10.1 Å². The second-order valence-corrected chi connectivity index (χ2v) is 13.0. The first kappa shape index (κ1) is 33.6. The molecule has 0 fully saturated rings. The van der Waals surface area contributed by atoms with Crippen LogP contribution >= 0.6 is 0 Å². The number of esters is 1. The monoisotopic (exact) mass is 592 g/mol. The summed E-state index contributed by atoms with van der Waals surface area (Å²) in [6.45, 7) is 11.3. The van der Waals surface area contributed by atoms with Gasteiger partial charge in [-0.05, 0) is 66.2 Å². The number of benzene rings is 2. The zero-order valence-electron chi connectivity index (χ0n) is 24.6. The van der Waals surface area contributed by atoms with Gasteiger partial charge in [0.05, 0.1) is 11.0 Å². The van der Waals surface area contributed by atoms with Gasteiger partial charge < -0.3 is 24.8 Å². The molecule has 11 nitrogen and oxygen atoms in total. The van der Waals surface area contributed by atoms with Crippen LogP contribution in [-0.2, 0) is 39.9 Å². The van der Waals surface area contributed by atoms with Gasteiger partial charge in [-0.1, -0.05) is 48.0 Å². The molecule has 226 valence electrons. The molecule has 0 aliphatic rings. The van der Waals surface area contributed by atoms with Crippen LogP contribution in [0.15, 0.2) is 59.5 Å². The molecule has 2 aromatic rings. The highest BCUT2D eigenvalue weighted by atomic mass is 32.2. The maximum absolute atomic E-state index is 13.1. The lowest BCUT2D eigenvalue weighted by molar-refractivity contribution is -0.158. The van der Waals surface area contributed by atoms with Crippen molar-refractivity contribution in [2.45, 2.75) is 89.7 Å². The van der Waals surface area contributed by atoms with Gasteiger partial charge in [0.1, 0.15) is 23.9 Å². The van der Waals surface area contributed by atoms with Crippen LogP contribution in [0.1, 0.15) is 59.1 Å². The Morgan fingerprint density at radius 1 is 0.829 bits per heavy atom. The van der Waals surface area contributed by atoms with E-state index in [9.17, 15) is 22.8 Å². The van der Waals surface area contributed by atoms with Gasteiger partial charge in [0, 0.05) is 13.0 Å². The number of carbonyl (C=O) groups is 3. The molecule has 2 N–H and O–H groups in total. The Labute approximate surface area is 242 Å². The Balaban J connectivity index is 2.27. The number of nitrogens with one attached hydrogen (secondary N) is 2. The second kappa shape index (κ2) is 14.3. The summed E-state index contributed by atoms with van der Waals surface area (Å²) >= 11 is 0. The smallest absolute Gasteiger partial charge is 0.408 e. The average Bonchev–Trinajstić information content (AvgIpc) is 2.84. The summed E-state index contributed by atoms with van der Waals surface area (Å²) in [4.78, 5) is 37.9. The van der Waals surface area contributed by atoms with Crippen LogP contribution in [0.25, 0.3) is 0 Å². The minimum atomic E-state index is -4.33. The molecule has 2 amide bonds. The molecule has 0 heterocycles. The number of aryl methyl sites for hydroxylation is 1. The average molecular weight is 593 g/mol. The van der Waals surface area contributed by atoms with E-state index in [4.69, 9.17) is 18.4 Å². The highest BCUT2D eigenvalue weighted by Crippen LogP contribution is 2.19. The quantitative estimate of drug-likeness (QED) is 0.217. The van der Waals surface area contributed by atoms with Crippen LogP contribution in [0.5, 0.6) is 0 Å². The van der Waals surface area contributed by atoms with Crippen molar-refractivity contribution < 1.29 is 41.2 Å². The maximum atomic E-state index is 13.1. The lowest BCUT2D eigenvalue weighted by atomic mass is 10.1. The fourth-order valence-electron chi connectivity index (χ4n) is 3.37. The van der Waals surface area contributed by atoms with Crippen LogP contribution in [0.3, 0.4) is 0 Å². The van der Waals surface area contributed by atoms with E-state index in [0.717, 1.165) is 11.1 Å². The van der Waals surface area contributed by atoms with Gasteiger partial charge in [0.2, 0.25) is 0 Å². The minimum absolute atomic E-state index is 0.0133. The van der Waals surface area contributed by atoms with E-state index in [1.165, 1.54) is 12.1 Å². The number of rotatable bonds is 11. The molecular weight excluding hydrogens is 552 g/mol. The normalized spacial score (nSPS) is 13.4. The Morgan fingerprint density at radius 2 is 1.41 bits per heavy atom. The third-order valence-corrected chi connectivity index (χ3v) is 6.52. The molecule has 41 heavy (non-hydrogen) atoms. The second-order valence-electron chi connectivity index (χ2n) is 11.4. The number of alkyl carbamates (subject to hydrolysis) is 2. The van der Waals surface area contributed by atoms with Gasteiger partial charge in [-0.15, -0.1) is 0 Å². The lowest BCUT2D eigenvalue weighted by Gasteiger charge is -2.28. The molecule has 2 unspecified atom stereocenters. The molecule has 0 radical (unpaired) electrons. The molecule has 0 bridgehead atoms. The summed E-state index contributed by atoms with van der Waals surface area (Å²) < 4.78 is 47.6. The van der Waals surface area contributed by atoms with Gasteiger partial charge in [-0.2, -0.15) is 8.42 Å². The Morgan fingerprint density at radius 3 is 1.98 bits per heavy atom. The summed E-state index contributed by atoms with van der Waals surface area (Å²) in [6.07, 6.45) is -3.43. The van der Waals surface area contributed by atoms with Crippen molar-refractivity contribution in [2.75, 3.05) is 6.54 Å². The third-order valence-electron chi connectivity index (χ3n) is 5.14. The van der Waals surface area contributed by atoms with Gasteiger partial charge in [-0.25, -0.2) is 14.4 Å². The number of hydrogen-bond acceptors (Lipinski definition) is 9. The van der Waals surface area contributed by atoms with Crippen LogP contribution in [0, 0.1) is 6.92 Å². The zero-order chi connectivity index (χ0) is 30.8. The molecule has 0 aromatic heterocycles. The molecule has 0 aliphatic heterocycles. The number of carbonyl (C=O) groups excluding carboxylic acids is 3. The van der Waals surface area contributed by atoms with Crippen molar-refractivity contribution in [1.82, 2.24) is 10.6 Å². The van der Waals surface area contributed by atoms with Crippen molar-refractivity contribution in [3.63, 3.8) is 0 Å². The van der Waals surface area contributed by atoms with Gasteiger partial charge >= 0.3 is 18.2 Å². The predicted octanol–water partition coefficient (Wildman–Crippen LogP) is 4.62. The van der Waals surface area contributed by atoms with Crippen molar-refractivity contribution >= 4 is 28.3 Å². The fourth-order valence-corrected chi connectivity index (χ4v) is 4.45. The molecular formula is C29H40N2O9S. The molecule has 0 aliphatic carbocycles. The molecule has 2 atom stereocenters. The first-order chi connectivity index (χ1) is 18.9. The van der Waals surface area contributed by atoms with E-state index in [1.807, 2.05) is 6.07 Å². The van der Waals surface area contributed by atoms with Crippen LogP contribution in [0.4, 0.5) is 9.59 Å². The van der Waals surface area contributed by atoms with Gasteiger partial charge in [0.15, 0.2) is 0 Å². The van der Waals surface area contributed by atoms with Crippen LogP contribution < -0.4 is 10.6 Å².